The van der Waals surface area contributed by atoms with Gasteiger partial charge in [0.2, 0.25) is 5.09 Å². The van der Waals surface area contributed by atoms with Crippen LogP contribution in [0.2, 0.25) is 0 Å². The minimum atomic E-state index is -3.60. The molecular formula is C16H17NO5S. The molecule has 1 saturated heterocycles. The summed E-state index contributed by atoms with van der Waals surface area (Å²) in [6, 6.07) is 8.76. The van der Waals surface area contributed by atoms with Gasteiger partial charge in [-0.15, -0.1) is 0 Å². The van der Waals surface area contributed by atoms with E-state index in [4.69, 9.17) is 9.52 Å². The van der Waals surface area contributed by atoms with E-state index < -0.39 is 16.0 Å². The van der Waals surface area contributed by atoms with Crippen molar-refractivity contribution in [3.63, 3.8) is 0 Å². The summed E-state index contributed by atoms with van der Waals surface area (Å²) in [4.78, 5) is 10.7. The van der Waals surface area contributed by atoms with Gasteiger partial charge in [0.25, 0.3) is 10.0 Å². The highest BCUT2D eigenvalue weighted by atomic mass is 32.2. The summed E-state index contributed by atoms with van der Waals surface area (Å²) in [6.45, 7) is 0.922. The summed E-state index contributed by atoms with van der Waals surface area (Å²) in [5.74, 6) is -0.598. The maximum Gasteiger partial charge on any atom is 0.303 e. The first-order chi connectivity index (χ1) is 10.9. The molecule has 4 rings (SSSR count). The molecule has 1 aliphatic heterocycles. The van der Waals surface area contributed by atoms with Crippen molar-refractivity contribution in [1.82, 2.24) is 4.31 Å². The SMILES string of the molecule is O=C(O)CC1CC2(C1)CN(S(=O)(=O)c1cc3ccccc3o1)C2. The van der Waals surface area contributed by atoms with Crippen molar-refractivity contribution < 1.29 is 22.7 Å². The molecule has 2 fully saturated rings. The molecular weight excluding hydrogens is 318 g/mol. The van der Waals surface area contributed by atoms with Crippen molar-refractivity contribution in [3.8, 4) is 0 Å². The number of para-hydroxylation sites is 1. The van der Waals surface area contributed by atoms with Gasteiger partial charge < -0.3 is 9.52 Å². The Hall–Kier alpha value is -1.86. The summed E-state index contributed by atoms with van der Waals surface area (Å²) in [5, 5.41) is 9.54. The number of hydrogen-bond acceptors (Lipinski definition) is 4. The van der Waals surface area contributed by atoms with Crippen LogP contribution in [-0.4, -0.2) is 36.9 Å². The molecule has 6 nitrogen and oxygen atoms in total. The van der Waals surface area contributed by atoms with Crippen molar-refractivity contribution in [2.75, 3.05) is 13.1 Å². The zero-order chi connectivity index (χ0) is 16.2. The van der Waals surface area contributed by atoms with Crippen LogP contribution in [-0.2, 0) is 14.8 Å². The van der Waals surface area contributed by atoms with E-state index in [1.54, 1.807) is 18.2 Å². The van der Waals surface area contributed by atoms with E-state index in [1.807, 2.05) is 12.1 Å². The molecule has 0 unspecified atom stereocenters. The highest BCUT2D eigenvalue weighted by Crippen LogP contribution is 2.54. The third kappa shape index (κ3) is 2.35. The number of hydrogen-bond donors (Lipinski definition) is 1. The lowest BCUT2D eigenvalue weighted by Crippen LogP contribution is -2.63. The largest absolute Gasteiger partial charge is 0.481 e. The topological polar surface area (TPSA) is 87.8 Å². The molecule has 2 aliphatic rings. The predicted octanol–water partition coefficient (Wildman–Crippen LogP) is 2.31. The highest BCUT2D eigenvalue weighted by Gasteiger charge is 2.56. The number of rotatable bonds is 4. The number of fused-ring (bicyclic) bond motifs is 1. The van der Waals surface area contributed by atoms with E-state index in [9.17, 15) is 13.2 Å². The van der Waals surface area contributed by atoms with Gasteiger partial charge in [0, 0.05) is 31.0 Å². The minimum absolute atomic E-state index is 0.0147. The third-order valence-electron chi connectivity index (χ3n) is 4.93. The molecule has 2 heterocycles. The van der Waals surface area contributed by atoms with E-state index in [2.05, 4.69) is 0 Å². The molecule has 1 saturated carbocycles. The molecule has 2 aromatic rings. The first-order valence-electron chi connectivity index (χ1n) is 7.59. The fraction of sp³-hybridized carbons (Fsp3) is 0.438. The molecule has 7 heteroatoms. The lowest BCUT2D eigenvalue weighted by atomic mass is 9.58. The Morgan fingerprint density at radius 1 is 1.30 bits per heavy atom. The van der Waals surface area contributed by atoms with E-state index >= 15 is 0 Å². The van der Waals surface area contributed by atoms with Crippen LogP contribution >= 0.6 is 0 Å². The number of carboxylic acid groups (broad SMARTS) is 1. The Morgan fingerprint density at radius 3 is 2.65 bits per heavy atom. The first-order valence-corrected chi connectivity index (χ1v) is 9.03. The van der Waals surface area contributed by atoms with Gasteiger partial charge in [0.1, 0.15) is 5.58 Å². The lowest BCUT2D eigenvalue weighted by Gasteiger charge is -2.57. The molecule has 1 N–H and O–H groups in total. The van der Waals surface area contributed by atoms with Crippen LogP contribution in [0.4, 0.5) is 0 Å². The summed E-state index contributed by atoms with van der Waals surface area (Å²) in [7, 11) is -3.60. The number of sulfonamides is 1. The van der Waals surface area contributed by atoms with Gasteiger partial charge in [-0.1, -0.05) is 18.2 Å². The molecule has 0 amide bonds. The van der Waals surface area contributed by atoms with Gasteiger partial charge in [-0.05, 0) is 30.2 Å². The molecule has 1 aliphatic carbocycles. The molecule has 0 atom stereocenters. The van der Waals surface area contributed by atoms with Crippen molar-refractivity contribution in [2.45, 2.75) is 24.4 Å². The Bertz CT molecular complexity index is 838. The zero-order valence-electron chi connectivity index (χ0n) is 12.4. The average Bonchev–Trinajstić information content (AvgIpc) is 2.83. The van der Waals surface area contributed by atoms with Crippen molar-refractivity contribution in [2.24, 2.45) is 11.3 Å². The molecule has 0 radical (unpaired) electrons. The lowest BCUT2D eigenvalue weighted by molar-refractivity contribution is -0.142. The fourth-order valence-corrected chi connectivity index (χ4v) is 5.51. The molecule has 0 bridgehead atoms. The Morgan fingerprint density at radius 2 is 2.00 bits per heavy atom. The van der Waals surface area contributed by atoms with E-state index in [-0.39, 0.29) is 22.8 Å². The second-order valence-corrected chi connectivity index (χ2v) is 8.62. The van der Waals surface area contributed by atoms with Crippen LogP contribution < -0.4 is 0 Å². The first kappa shape index (κ1) is 14.7. The van der Waals surface area contributed by atoms with Crippen LogP contribution in [0.1, 0.15) is 19.3 Å². The van der Waals surface area contributed by atoms with Crippen LogP contribution in [0.3, 0.4) is 0 Å². The van der Waals surface area contributed by atoms with Gasteiger partial charge in [0.05, 0.1) is 0 Å². The van der Waals surface area contributed by atoms with Crippen LogP contribution in [0.25, 0.3) is 11.0 Å². The molecule has 1 aromatic carbocycles. The molecule has 122 valence electrons. The number of furan rings is 1. The summed E-state index contributed by atoms with van der Waals surface area (Å²) >= 11 is 0. The Labute approximate surface area is 133 Å². The summed E-state index contributed by atoms with van der Waals surface area (Å²) < 4.78 is 32.1. The molecule has 23 heavy (non-hydrogen) atoms. The average molecular weight is 335 g/mol. The van der Waals surface area contributed by atoms with Gasteiger partial charge in [-0.3, -0.25) is 4.79 Å². The van der Waals surface area contributed by atoms with Crippen molar-refractivity contribution >= 4 is 27.0 Å². The van der Waals surface area contributed by atoms with Crippen molar-refractivity contribution in [3.05, 3.63) is 30.3 Å². The zero-order valence-corrected chi connectivity index (χ0v) is 13.3. The highest BCUT2D eigenvalue weighted by molar-refractivity contribution is 7.89. The van der Waals surface area contributed by atoms with Gasteiger partial charge in [-0.2, -0.15) is 4.31 Å². The number of nitrogens with zero attached hydrogens (tertiary/aromatic N) is 1. The summed E-state index contributed by atoms with van der Waals surface area (Å²) in [5.41, 5.74) is 0.547. The van der Waals surface area contributed by atoms with Crippen molar-refractivity contribution in [1.29, 1.82) is 0 Å². The third-order valence-corrected chi connectivity index (χ3v) is 6.57. The maximum absolute atomic E-state index is 12.6. The maximum atomic E-state index is 12.6. The second-order valence-electron chi connectivity index (χ2n) is 6.75. The molecule has 1 aromatic heterocycles. The number of aliphatic carboxylic acids is 1. The standard InChI is InChI=1S/C16H17NO5S/c18-14(19)5-11-7-16(8-11)9-17(10-16)23(20,21)15-6-12-3-1-2-4-13(12)22-15/h1-4,6,11H,5,7-10H2,(H,18,19). The van der Waals surface area contributed by atoms with Crippen LogP contribution in [0.5, 0.6) is 0 Å². The smallest absolute Gasteiger partial charge is 0.303 e. The van der Waals surface area contributed by atoms with Gasteiger partial charge >= 0.3 is 5.97 Å². The van der Waals surface area contributed by atoms with Gasteiger partial charge in [0.15, 0.2) is 0 Å². The van der Waals surface area contributed by atoms with Crippen LogP contribution in [0.15, 0.2) is 39.8 Å². The predicted molar refractivity (Wildman–Crippen MR) is 82.4 cm³/mol. The molecule has 1 spiro atoms. The normalized spacial score (nSPS) is 21.2. The number of carboxylic acids is 1. The van der Waals surface area contributed by atoms with E-state index in [1.165, 1.54) is 4.31 Å². The van der Waals surface area contributed by atoms with E-state index in [0.29, 0.717) is 18.7 Å². The quantitative estimate of drug-likeness (QED) is 0.926. The van der Waals surface area contributed by atoms with Gasteiger partial charge in [-0.25, -0.2) is 8.42 Å². The van der Waals surface area contributed by atoms with E-state index in [0.717, 1.165) is 18.2 Å². The van der Waals surface area contributed by atoms with Crippen LogP contribution in [0, 0.1) is 11.3 Å². The monoisotopic (exact) mass is 335 g/mol. The number of benzene rings is 1. The Kier molecular flexibility index (Phi) is 3.08. The number of carbonyl (C=O) groups is 1. The Balaban J connectivity index is 1.46. The summed E-state index contributed by atoms with van der Waals surface area (Å²) in [6.07, 6.45) is 1.77. The minimum Gasteiger partial charge on any atom is -0.481 e. The fourth-order valence-electron chi connectivity index (χ4n) is 3.90. The second kappa shape index (κ2) is 4.82.